The highest BCUT2D eigenvalue weighted by Crippen LogP contribution is 2.24. The molecule has 0 spiro atoms. The summed E-state index contributed by atoms with van der Waals surface area (Å²) in [6.45, 7) is 3.44. The molecule has 0 aliphatic heterocycles. The van der Waals surface area contributed by atoms with Gasteiger partial charge in [0, 0.05) is 17.5 Å². The maximum atomic E-state index is 12.3. The van der Waals surface area contributed by atoms with Gasteiger partial charge in [0.15, 0.2) is 6.04 Å². The molecule has 0 saturated carbocycles. The third-order valence-corrected chi connectivity index (χ3v) is 3.32. The van der Waals surface area contributed by atoms with Crippen LogP contribution in [0.15, 0.2) is 24.3 Å². The predicted molar refractivity (Wildman–Crippen MR) is 80.4 cm³/mol. The topological polar surface area (TPSA) is 75.6 Å². The molecule has 0 heterocycles. The maximum absolute atomic E-state index is 12.3. The van der Waals surface area contributed by atoms with Gasteiger partial charge in [-0.25, -0.2) is 4.79 Å². The molecular formula is C15H20ClNO4. The van der Waals surface area contributed by atoms with Gasteiger partial charge in [0.05, 0.1) is 6.61 Å². The number of hydrogen-bond acceptors (Lipinski definition) is 3. The van der Waals surface area contributed by atoms with E-state index >= 15 is 0 Å². The molecule has 0 radical (unpaired) electrons. The second-order valence-corrected chi connectivity index (χ2v) is 5.95. The summed E-state index contributed by atoms with van der Waals surface area (Å²) in [6, 6.07) is 6.19. The normalized spacial score (nSPS) is 12.8. The van der Waals surface area contributed by atoms with Gasteiger partial charge < -0.3 is 15.2 Å². The first-order valence-corrected chi connectivity index (χ1v) is 6.91. The van der Waals surface area contributed by atoms with Crippen molar-refractivity contribution in [1.29, 1.82) is 0 Å². The number of benzene rings is 1. The van der Waals surface area contributed by atoms with Crippen LogP contribution in [0, 0.1) is 5.41 Å². The van der Waals surface area contributed by atoms with Crippen molar-refractivity contribution in [3.63, 3.8) is 0 Å². The number of hydrogen-bond donors (Lipinski definition) is 2. The third kappa shape index (κ3) is 5.36. The summed E-state index contributed by atoms with van der Waals surface area (Å²) in [4.78, 5) is 23.3. The summed E-state index contributed by atoms with van der Waals surface area (Å²) in [5.41, 5.74) is 0.160. The van der Waals surface area contributed by atoms with E-state index in [1.165, 1.54) is 7.11 Å². The fourth-order valence-corrected chi connectivity index (χ4v) is 2.15. The molecule has 1 rings (SSSR count). The van der Waals surface area contributed by atoms with Crippen molar-refractivity contribution in [3.8, 4) is 0 Å². The first-order chi connectivity index (χ1) is 9.76. The number of carbonyl (C=O) groups excluding carboxylic acids is 1. The average molecular weight is 314 g/mol. The minimum Gasteiger partial charge on any atom is -0.480 e. The number of rotatable bonds is 7. The number of methoxy groups -OCH3 is 1. The van der Waals surface area contributed by atoms with Crippen LogP contribution in [-0.2, 0) is 20.7 Å². The molecule has 0 bridgehead atoms. The number of halogens is 1. The monoisotopic (exact) mass is 313 g/mol. The minimum absolute atomic E-state index is 0.0751. The summed E-state index contributed by atoms with van der Waals surface area (Å²) < 4.78 is 4.80. The highest BCUT2D eigenvalue weighted by Gasteiger charge is 2.31. The lowest BCUT2D eigenvalue weighted by Crippen LogP contribution is -2.49. The van der Waals surface area contributed by atoms with Crippen LogP contribution in [0.4, 0.5) is 0 Å². The van der Waals surface area contributed by atoms with Crippen LogP contribution in [0.3, 0.4) is 0 Å². The zero-order valence-corrected chi connectivity index (χ0v) is 13.1. The molecule has 1 atom stereocenters. The smallest absolute Gasteiger partial charge is 0.328 e. The molecule has 1 aromatic rings. The Morgan fingerprint density at radius 1 is 1.43 bits per heavy atom. The van der Waals surface area contributed by atoms with Gasteiger partial charge in [0.2, 0.25) is 5.91 Å². The van der Waals surface area contributed by atoms with Crippen molar-refractivity contribution in [1.82, 2.24) is 5.32 Å². The Morgan fingerprint density at radius 2 is 2.10 bits per heavy atom. The van der Waals surface area contributed by atoms with Crippen molar-refractivity contribution in [3.05, 3.63) is 34.9 Å². The van der Waals surface area contributed by atoms with E-state index in [2.05, 4.69) is 5.32 Å². The third-order valence-electron chi connectivity index (χ3n) is 3.09. The second kappa shape index (κ2) is 7.43. The van der Waals surface area contributed by atoms with E-state index in [9.17, 15) is 9.59 Å². The molecule has 21 heavy (non-hydrogen) atoms. The second-order valence-electron chi connectivity index (χ2n) is 5.51. The largest absolute Gasteiger partial charge is 0.480 e. The molecule has 0 aromatic heterocycles. The van der Waals surface area contributed by atoms with E-state index in [0.29, 0.717) is 11.4 Å². The summed E-state index contributed by atoms with van der Waals surface area (Å²) >= 11 is 5.93. The molecule has 5 nitrogen and oxygen atoms in total. The molecule has 0 aliphatic rings. The fourth-order valence-electron chi connectivity index (χ4n) is 1.93. The summed E-state index contributed by atoms with van der Waals surface area (Å²) in [7, 11) is 1.39. The Bertz CT molecular complexity index is 516. The van der Waals surface area contributed by atoms with Crippen molar-refractivity contribution in [2.75, 3.05) is 13.7 Å². The Hall–Kier alpha value is -1.59. The quantitative estimate of drug-likeness (QED) is 0.808. The summed E-state index contributed by atoms with van der Waals surface area (Å²) in [5.74, 6) is -1.46. The molecule has 116 valence electrons. The van der Waals surface area contributed by atoms with Crippen LogP contribution in [-0.4, -0.2) is 36.7 Å². The maximum Gasteiger partial charge on any atom is 0.328 e. The van der Waals surface area contributed by atoms with Crippen LogP contribution in [0.2, 0.25) is 5.02 Å². The van der Waals surface area contributed by atoms with Crippen molar-refractivity contribution < 1.29 is 19.4 Å². The Morgan fingerprint density at radius 3 is 2.62 bits per heavy atom. The number of amides is 1. The minimum atomic E-state index is -1.12. The van der Waals surface area contributed by atoms with Gasteiger partial charge in [-0.1, -0.05) is 37.6 Å². The molecule has 1 aromatic carbocycles. The van der Waals surface area contributed by atoms with Gasteiger partial charge in [0.25, 0.3) is 0 Å². The first kappa shape index (κ1) is 17.5. The molecule has 0 saturated heterocycles. The van der Waals surface area contributed by atoms with Gasteiger partial charge in [-0.3, -0.25) is 4.79 Å². The predicted octanol–water partition coefficient (Wildman–Crippen LogP) is 2.12. The first-order valence-electron chi connectivity index (χ1n) is 6.53. The SMILES string of the molecule is COCC(NC(=O)C(C)(C)Cc1cccc(Cl)c1)C(=O)O. The van der Waals surface area contributed by atoms with Gasteiger partial charge in [-0.05, 0) is 24.1 Å². The lowest BCUT2D eigenvalue weighted by Gasteiger charge is -2.26. The molecule has 6 heteroatoms. The van der Waals surface area contributed by atoms with Gasteiger partial charge in [0.1, 0.15) is 0 Å². The number of aliphatic carboxylic acids is 1. The number of carboxylic acids is 1. The van der Waals surface area contributed by atoms with E-state index < -0.39 is 17.4 Å². The lowest BCUT2D eigenvalue weighted by molar-refractivity contribution is -0.145. The number of nitrogens with one attached hydrogen (secondary N) is 1. The van der Waals surface area contributed by atoms with Crippen molar-refractivity contribution >= 4 is 23.5 Å². The van der Waals surface area contributed by atoms with Crippen molar-refractivity contribution in [2.24, 2.45) is 5.41 Å². The molecule has 2 N–H and O–H groups in total. The van der Waals surface area contributed by atoms with Gasteiger partial charge in [-0.15, -0.1) is 0 Å². The van der Waals surface area contributed by atoms with Crippen LogP contribution in [0.1, 0.15) is 19.4 Å². The van der Waals surface area contributed by atoms with E-state index in [-0.39, 0.29) is 12.5 Å². The molecular weight excluding hydrogens is 294 g/mol. The lowest BCUT2D eigenvalue weighted by atomic mass is 9.84. The molecule has 0 fully saturated rings. The molecule has 0 aliphatic carbocycles. The fraction of sp³-hybridized carbons (Fsp3) is 0.467. The highest BCUT2D eigenvalue weighted by molar-refractivity contribution is 6.30. The van der Waals surface area contributed by atoms with E-state index in [0.717, 1.165) is 5.56 Å². The number of carbonyl (C=O) groups is 2. The van der Waals surface area contributed by atoms with Crippen LogP contribution in [0.5, 0.6) is 0 Å². The average Bonchev–Trinajstić information content (AvgIpc) is 2.37. The van der Waals surface area contributed by atoms with Gasteiger partial charge >= 0.3 is 5.97 Å². The summed E-state index contributed by atoms with van der Waals surface area (Å²) in [6.07, 6.45) is 0.457. The Labute approximate surface area is 129 Å². The van der Waals surface area contributed by atoms with E-state index in [4.69, 9.17) is 21.4 Å². The molecule has 1 unspecified atom stereocenters. The standard InChI is InChI=1S/C15H20ClNO4/c1-15(2,8-10-5-4-6-11(16)7-10)14(20)17-12(9-21-3)13(18)19/h4-7,12H,8-9H2,1-3H3,(H,17,20)(H,18,19). The summed E-state index contributed by atoms with van der Waals surface area (Å²) in [5, 5.41) is 12.1. The zero-order valence-electron chi connectivity index (χ0n) is 12.4. The number of ether oxygens (including phenoxy) is 1. The zero-order chi connectivity index (χ0) is 16.0. The van der Waals surface area contributed by atoms with Crippen molar-refractivity contribution in [2.45, 2.75) is 26.3 Å². The molecule has 1 amide bonds. The van der Waals surface area contributed by atoms with E-state index in [1.54, 1.807) is 26.0 Å². The highest BCUT2D eigenvalue weighted by atomic mass is 35.5. The Kier molecular flexibility index (Phi) is 6.18. The van der Waals surface area contributed by atoms with Gasteiger partial charge in [-0.2, -0.15) is 0 Å². The van der Waals surface area contributed by atoms with Crippen LogP contribution in [0.25, 0.3) is 0 Å². The van der Waals surface area contributed by atoms with E-state index in [1.807, 2.05) is 12.1 Å². The number of carboxylic acid groups (broad SMARTS) is 1. The van der Waals surface area contributed by atoms with Crippen LogP contribution < -0.4 is 5.32 Å². The van der Waals surface area contributed by atoms with Crippen LogP contribution >= 0.6 is 11.6 Å². The Balaban J connectivity index is 2.76.